The van der Waals surface area contributed by atoms with Gasteiger partial charge < -0.3 is 24.6 Å². The van der Waals surface area contributed by atoms with Crippen LogP contribution in [0.4, 0.5) is 0 Å². The van der Waals surface area contributed by atoms with Crippen LogP contribution in [0.5, 0.6) is 5.75 Å². The lowest BCUT2D eigenvalue weighted by Gasteiger charge is -2.42. The fourth-order valence-electron chi connectivity index (χ4n) is 4.16. The van der Waals surface area contributed by atoms with Crippen molar-refractivity contribution in [2.75, 3.05) is 26.8 Å². The van der Waals surface area contributed by atoms with Gasteiger partial charge in [0.15, 0.2) is 6.29 Å². The number of para-hydroxylation sites is 1. The summed E-state index contributed by atoms with van der Waals surface area (Å²) in [6.07, 6.45) is 1.46. The van der Waals surface area contributed by atoms with Gasteiger partial charge in [0.25, 0.3) is 0 Å². The minimum absolute atomic E-state index is 0.0820. The zero-order chi connectivity index (χ0) is 16.5. The molecule has 6 nitrogen and oxygen atoms in total. The van der Waals surface area contributed by atoms with Crippen molar-refractivity contribution >= 4 is 0 Å². The first-order valence-corrected chi connectivity index (χ1v) is 8.82. The summed E-state index contributed by atoms with van der Waals surface area (Å²) in [5.74, 6) is 0.854. The van der Waals surface area contributed by atoms with E-state index < -0.39 is 6.10 Å². The lowest BCUT2D eigenvalue weighted by molar-refractivity contribution is -0.179. The summed E-state index contributed by atoms with van der Waals surface area (Å²) >= 11 is 0. The summed E-state index contributed by atoms with van der Waals surface area (Å²) in [5.41, 5.74) is 1.07. The summed E-state index contributed by atoms with van der Waals surface area (Å²) in [5, 5.41) is 14.5. The van der Waals surface area contributed by atoms with Gasteiger partial charge in [-0.15, -0.1) is 0 Å². The van der Waals surface area contributed by atoms with Crippen LogP contribution in [0.2, 0.25) is 0 Å². The third-order valence-electron chi connectivity index (χ3n) is 5.41. The highest BCUT2D eigenvalue weighted by atomic mass is 16.7. The van der Waals surface area contributed by atoms with Gasteiger partial charge >= 0.3 is 0 Å². The number of hydrogen-bond acceptors (Lipinski definition) is 6. The van der Waals surface area contributed by atoms with E-state index in [1.165, 1.54) is 12.8 Å². The molecule has 0 unspecified atom stereocenters. The molecule has 5 atom stereocenters. The predicted octanol–water partition coefficient (Wildman–Crippen LogP) is 0.734. The summed E-state index contributed by atoms with van der Waals surface area (Å²) in [6, 6.07) is 7.72. The van der Waals surface area contributed by atoms with E-state index in [0.717, 1.165) is 24.4 Å². The van der Waals surface area contributed by atoms with Crippen LogP contribution in [0, 0.1) is 0 Å². The van der Waals surface area contributed by atoms with Gasteiger partial charge in [-0.2, -0.15) is 0 Å². The fraction of sp³-hybridized carbons (Fsp3) is 0.667. The highest BCUT2D eigenvalue weighted by Crippen LogP contribution is 2.33. The number of ether oxygens (including phenoxy) is 3. The molecular weight excluding hydrogens is 308 g/mol. The Hall–Kier alpha value is -1.18. The maximum Gasteiger partial charge on any atom is 0.176 e. The minimum Gasteiger partial charge on any atom is -0.496 e. The van der Waals surface area contributed by atoms with Gasteiger partial charge in [0.05, 0.1) is 31.9 Å². The van der Waals surface area contributed by atoms with Gasteiger partial charge in [-0.3, -0.25) is 4.90 Å². The van der Waals surface area contributed by atoms with E-state index in [4.69, 9.17) is 14.2 Å². The summed E-state index contributed by atoms with van der Waals surface area (Å²) in [7, 11) is 1.68. The molecule has 0 amide bonds. The van der Waals surface area contributed by atoms with Crippen molar-refractivity contribution in [1.82, 2.24) is 10.2 Å². The Morgan fingerprint density at radius 3 is 2.88 bits per heavy atom. The van der Waals surface area contributed by atoms with Gasteiger partial charge in [-0.1, -0.05) is 18.2 Å². The number of methoxy groups -OCH3 is 1. The van der Waals surface area contributed by atoms with Crippen LogP contribution in [0.1, 0.15) is 18.4 Å². The third kappa shape index (κ3) is 2.93. The molecule has 0 aliphatic carbocycles. The van der Waals surface area contributed by atoms with E-state index in [0.29, 0.717) is 13.2 Å². The summed E-state index contributed by atoms with van der Waals surface area (Å²) in [4.78, 5) is 2.31. The molecule has 0 spiro atoms. The largest absolute Gasteiger partial charge is 0.496 e. The highest BCUT2D eigenvalue weighted by Gasteiger charge is 2.52. The topological polar surface area (TPSA) is 63.2 Å². The molecule has 2 N–H and O–H groups in total. The molecule has 3 aliphatic rings. The van der Waals surface area contributed by atoms with Gasteiger partial charge in [-0.05, 0) is 32.0 Å². The molecule has 0 saturated carbocycles. The van der Waals surface area contributed by atoms with Gasteiger partial charge in [0.2, 0.25) is 0 Å². The van der Waals surface area contributed by atoms with Crippen LogP contribution in [0.3, 0.4) is 0 Å². The molecule has 6 heteroatoms. The molecular formula is C18H26N2O4. The average molecular weight is 334 g/mol. The summed E-state index contributed by atoms with van der Waals surface area (Å²) < 4.78 is 17.3. The van der Waals surface area contributed by atoms with E-state index in [1.54, 1.807) is 7.11 Å². The highest BCUT2D eigenvalue weighted by molar-refractivity contribution is 5.33. The van der Waals surface area contributed by atoms with Crippen molar-refractivity contribution in [2.24, 2.45) is 0 Å². The number of rotatable bonds is 5. The van der Waals surface area contributed by atoms with Crippen LogP contribution in [-0.4, -0.2) is 67.4 Å². The molecule has 1 aromatic rings. The Morgan fingerprint density at radius 2 is 2.08 bits per heavy atom. The average Bonchev–Trinajstić information content (AvgIpc) is 3.27. The fourth-order valence-corrected chi connectivity index (χ4v) is 4.16. The Labute approximate surface area is 142 Å². The monoisotopic (exact) mass is 334 g/mol. The molecule has 3 fully saturated rings. The summed E-state index contributed by atoms with van der Waals surface area (Å²) in [6.45, 7) is 3.18. The van der Waals surface area contributed by atoms with E-state index >= 15 is 0 Å². The number of nitrogens with zero attached hydrogens (tertiary/aromatic N) is 1. The zero-order valence-electron chi connectivity index (χ0n) is 14.1. The van der Waals surface area contributed by atoms with Crippen LogP contribution >= 0.6 is 0 Å². The Balaban J connectivity index is 1.47. The van der Waals surface area contributed by atoms with Gasteiger partial charge in [0, 0.05) is 12.1 Å². The predicted molar refractivity (Wildman–Crippen MR) is 88.8 cm³/mol. The molecule has 3 aliphatic heterocycles. The first-order chi connectivity index (χ1) is 11.8. The molecule has 1 aromatic carbocycles. The van der Waals surface area contributed by atoms with Gasteiger partial charge in [0.1, 0.15) is 11.9 Å². The number of aliphatic hydroxyl groups excluding tert-OH is 1. The Bertz CT molecular complexity index is 562. The second-order valence-electron chi connectivity index (χ2n) is 6.82. The van der Waals surface area contributed by atoms with Crippen LogP contribution < -0.4 is 10.1 Å². The maximum atomic E-state index is 11.0. The standard InChI is InChI=1S/C18H26N2O4/c1-22-13-7-3-2-6-12(13)10-19-15-14-11-23-18(24-14)16(17(15)21)20-8-4-5-9-20/h2-3,6-7,14-19,21H,4-5,8-11H2,1H3/t14-,15-,16+,17-,18+/m0/s1. The number of hydrogen-bond donors (Lipinski definition) is 2. The normalized spacial score (nSPS) is 36.2. The molecule has 3 saturated heterocycles. The second-order valence-corrected chi connectivity index (χ2v) is 6.82. The molecule has 3 heterocycles. The molecule has 2 bridgehead atoms. The van der Waals surface area contributed by atoms with E-state index in [2.05, 4.69) is 10.2 Å². The van der Waals surface area contributed by atoms with Crippen molar-refractivity contribution in [2.45, 2.75) is 50.0 Å². The van der Waals surface area contributed by atoms with Crippen molar-refractivity contribution in [1.29, 1.82) is 0 Å². The van der Waals surface area contributed by atoms with E-state index in [1.807, 2.05) is 24.3 Å². The van der Waals surface area contributed by atoms with Crippen molar-refractivity contribution in [3.8, 4) is 5.75 Å². The van der Waals surface area contributed by atoms with Crippen molar-refractivity contribution in [3.05, 3.63) is 29.8 Å². The van der Waals surface area contributed by atoms with Crippen LogP contribution in [0.15, 0.2) is 24.3 Å². The Kier molecular flexibility index (Phi) is 4.74. The molecule has 0 radical (unpaired) electrons. The smallest absolute Gasteiger partial charge is 0.176 e. The van der Waals surface area contributed by atoms with E-state index in [9.17, 15) is 5.11 Å². The number of fused-ring (bicyclic) bond motifs is 2. The molecule has 0 aromatic heterocycles. The Morgan fingerprint density at radius 1 is 1.29 bits per heavy atom. The molecule has 4 rings (SSSR count). The number of aliphatic hydroxyl groups is 1. The third-order valence-corrected chi connectivity index (χ3v) is 5.41. The quantitative estimate of drug-likeness (QED) is 0.828. The zero-order valence-corrected chi connectivity index (χ0v) is 14.1. The lowest BCUT2D eigenvalue weighted by atomic mass is 9.94. The second kappa shape index (κ2) is 6.98. The SMILES string of the molecule is COc1ccccc1CN[C@@H]1[C@H](O)[C@@H](N2CCCC2)[C@@H]2OC[C@@H]1O2. The minimum atomic E-state index is -0.496. The lowest BCUT2D eigenvalue weighted by Crippen LogP contribution is -2.63. The molecule has 132 valence electrons. The maximum absolute atomic E-state index is 11.0. The van der Waals surface area contributed by atoms with Crippen molar-refractivity contribution in [3.63, 3.8) is 0 Å². The van der Waals surface area contributed by atoms with E-state index in [-0.39, 0.29) is 24.5 Å². The van der Waals surface area contributed by atoms with Crippen LogP contribution in [0.25, 0.3) is 0 Å². The van der Waals surface area contributed by atoms with Gasteiger partial charge in [-0.25, -0.2) is 0 Å². The number of benzene rings is 1. The first-order valence-electron chi connectivity index (χ1n) is 8.82. The van der Waals surface area contributed by atoms with Crippen LogP contribution in [-0.2, 0) is 16.0 Å². The number of nitrogens with one attached hydrogen (secondary N) is 1. The number of likely N-dealkylation sites (tertiary alicyclic amines) is 1. The first kappa shape index (κ1) is 16.3. The van der Waals surface area contributed by atoms with Crippen molar-refractivity contribution < 1.29 is 19.3 Å². The molecule has 24 heavy (non-hydrogen) atoms.